The summed E-state index contributed by atoms with van der Waals surface area (Å²) in [6, 6.07) is 1.99. The van der Waals surface area contributed by atoms with Crippen LogP contribution in [0.15, 0.2) is 23.1 Å². The minimum absolute atomic E-state index is 0.304. The van der Waals surface area contributed by atoms with E-state index in [2.05, 4.69) is 0 Å². The number of aliphatic hydroxyl groups is 1. The van der Waals surface area contributed by atoms with E-state index in [1.807, 2.05) is 4.72 Å². The normalized spacial score (nSPS) is 13.2. The van der Waals surface area contributed by atoms with Gasteiger partial charge in [-0.2, -0.15) is 4.72 Å². The molecular weight excluding hydrogens is 277 g/mol. The fraction of sp³-hybridized carbons (Fsp3) is 0.364. The van der Waals surface area contributed by atoms with Crippen molar-refractivity contribution in [1.29, 1.82) is 0 Å². The Morgan fingerprint density at radius 2 is 2.11 bits per heavy atom. The molecule has 0 bridgehead atoms. The molecule has 0 saturated heterocycles. The summed E-state index contributed by atoms with van der Waals surface area (Å²) in [7, 11) is -4.30. The topological polar surface area (TPSA) is 104 Å². The molecule has 0 aliphatic heterocycles. The van der Waals surface area contributed by atoms with E-state index in [0.717, 1.165) is 12.1 Å². The van der Waals surface area contributed by atoms with Crippen molar-refractivity contribution in [1.82, 2.24) is 4.72 Å². The molecule has 1 rings (SSSR count). The fourth-order valence-corrected chi connectivity index (χ4v) is 2.82. The summed E-state index contributed by atoms with van der Waals surface area (Å²) in [6.07, 6.45) is -0.304. The summed E-state index contributed by atoms with van der Waals surface area (Å²) in [5.41, 5.74) is 0.524. The lowest BCUT2D eigenvalue weighted by Crippen LogP contribution is -2.41. The SMILES string of the molecule is Cc1ccc(F)c(S(=O)(=O)N[C@H](CCO)C(=O)O)c1. The average Bonchev–Trinajstić information content (AvgIpc) is 2.31. The number of aryl methyl sites for hydroxylation is 1. The maximum atomic E-state index is 13.5. The van der Waals surface area contributed by atoms with Gasteiger partial charge in [0.1, 0.15) is 16.8 Å². The van der Waals surface area contributed by atoms with Gasteiger partial charge in [-0.3, -0.25) is 4.79 Å². The highest BCUT2D eigenvalue weighted by Crippen LogP contribution is 2.16. The Morgan fingerprint density at radius 3 is 2.63 bits per heavy atom. The highest BCUT2D eigenvalue weighted by molar-refractivity contribution is 7.89. The first-order valence-electron chi connectivity index (χ1n) is 5.40. The van der Waals surface area contributed by atoms with Crippen molar-refractivity contribution in [3.63, 3.8) is 0 Å². The molecular formula is C11H14FNO5S. The van der Waals surface area contributed by atoms with E-state index in [1.165, 1.54) is 6.07 Å². The Morgan fingerprint density at radius 1 is 1.47 bits per heavy atom. The third-order valence-corrected chi connectivity index (χ3v) is 3.88. The van der Waals surface area contributed by atoms with E-state index < -0.39 is 39.4 Å². The second-order valence-corrected chi connectivity index (χ2v) is 5.64. The van der Waals surface area contributed by atoms with E-state index in [9.17, 15) is 17.6 Å². The Balaban J connectivity index is 3.10. The number of sulfonamides is 1. The number of rotatable bonds is 6. The monoisotopic (exact) mass is 291 g/mol. The van der Waals surface area contributed by atoms with Crippen molar-refractivity contribution in [2.75, 3.05) is 6.61 Å². The van der Waals surface area contributed by atoms with Gasteiger partial charge >= 0.3 is 5.97 Å². The maximum Gasteiger partial charge on any atom is 0.321 e. The number of aliphatic carboxylic acids is 1. The zero-order valence-corrected chi connectivity index (χ0v) is 10.9. The molecule has 1 aromatic carbocycles. The number of aliphatic hydroxyl groups excluding tert-OH is 1. The molecule has 0 saturated carbocycles. The third-order valence-electron chi connectivity index (χ3n) is 2.39. The van der Waals surface area contributed by atoms with Crippen LogP contribution in [-0.2, 0) is 14.8 Å². The van der Waals surface area contributed by atoms with E-state index in [0.29, 0.717) is 5.56 Å². The van der Waals surface area contributed by atoms with Gasteiger partial charge in [-0.25, -0.2) is 12.8 Å². The summed E-state index contributed by atoms with van der Waals surface area (Å²) in [5.74, 6) is -2.41. The van der Waals surface area contributed by atoms with Gasteiger partial charge in [-0.15, -0.1) is 0 Å². The van der Waals surface area contributed by atoms with Gasteiger partial charge in [0.25, 0.3) is 0 Å². The Hall–Kier alpha value is -1.51. The third kappa shape index (κ3) is 3.98. The van der Waals surface area contributed by atoms with Gasteiger partial charge in [0.2, 0.25) is 10.0 Å². The average molecular weight is 291 g/mol. The van der Waals surface area contributed by atoms with Crippen LogP contribution in [-0.4, -0.2) is 37.2 Å². The molecule has 0 heterocycles. The zero-order chi connectivity index (χ0) is 14.6. The molecule has 0 unspecified atom stereocenters. The van der Waals surface area contributed by atoms with E-state index in [-0.39, 0.29) is 6.42 Å². The number of hydrogen-bond acceptors (Lipinski definition) is 4. The summed E-state index contributed by atoms with van der Waals surface area (Å²) in [6.45, 7) is 1.08. The first-order chi connectivity index (χ1) is 8.77. The molecule has 0 fully saturated rings. The number of carboxylic acids is 1. The van der Waals surface area contributed by atoms with Gasteiger partial charge in [0.15, 0.2) is 0 Å². The van der Waals surface area contributed by atoms with Crippen molar-refractivity contribution in [2.24, 2.45) is 0 Å². The molecule has 0 spiro atoms. The Labute approximate surface area is 109 Å². The van der Waals surface area contributed by atoms with Crippen molar-refractivity contribution in [3.8, 4) is 0 Å². The molecule has 3 N–H and O–H groups in total. The number of benzene rings is 1. The Bertz CT molecular complexity index is 572. The number of hydrogen-bond donors (Lipinski definition) is 3. The summed E-state index contributed by atoms with van der Waals surface area (Å²) >= 11 is 0. The predicted molar refractivity (Wildman–Crippen MR) is 64.6 cm³/mol. The number of carbonyl (C=O) groups is 1. The first kappa shape index (κ1) is 15.5. The molecule has 6 nitrogen and oxygen atoms in total. The second kappa shape index (κ2) is 6.09. The summed E-state index contributed by atoms with van der Waals surface area (Å²) < 4.78 is 39.1. The summed E-state index contributed by atoms with van der Waals surface area (Å²) in [4.78, 5) is 10.2. The molecule has 0 aliphatic rings. The van der Waals surface area contributed by atoms with Crippen LogP contribution in [0.2, 0.25) is 0 Å². The zero-order valence-electron chi connectivity index (χ0n) is 10.1. The smallest absolute Gasteiger partial charge is 0.321 e. The fourth-order valence-electron chi connectivity index (χ4n) is 1.43. The number of halogens is 1. The lowest BCUT2D eigenvalue weighted by Gasteiger charge is -2.14. The molecule has 0 aromatic heterocycles. The van der Waals surface area contributed by atoms with E-state index in [4.69, 9.17) is 10.2 Å². The van der Waals surface area contributed by atoms with Crippen molar-refractivity contribution in [3.05, 3.63) is 29.6 Å². The van der Waals surface area contributed by atoms with Crippen LogP contribution in [0, 0.1) is 12.7 Å². The molecule has 0 aliphatic carbocycles. The highest BCUT2D eigenvalue weighted by atomic mass is 32.2. The highest BCUT2D eigenvalue weighted by Gasteiger charge is 2.27. The molecule has 0 radical (unpaired) electrons. The lowest BCUT2D eigenvalue weighted by atomic mass is 10.2. The van der Waals surface area contributed by atoms with Crippen LogP contribution in [0.4, 0.5) is 4.39 Å². The van der Waals surface area contributed by atoms with E-state index in [1.54, 1.807) is 6.92 Å². The van der Waals surface area contributed by atoms with Crippen molar-refractivity contribution >= 4 is 16.0 Å². The predicted octanol–water partition coefficient (Wildman–Crippen LogP) is 0.248. The van der Waals surface area contributed by atoms with Crippen LogP contribution < -0.4 is 4.72 Å². The van der Waals surface area contributed by atoms with Crippen molar-refractivity contribution in [2.45, 2.75) is 24.3 Å². The van der Waals surface area contributed by atoms with Gasteiger partial charge in [-0.05, 0) is 31.0 Å². The molecule has 8 heteroatoms. The van der Waals surface area contributed by atoms with Crippen LogP contribution >= 0.6 is 0 Å². The van der Waals surface area contributed by atoms with Crippen LogP contribution in [0.3, 0.4) is 0 Å². The largest absolute Gasteiger partial charge is 0.480 e. The lowest BCUT2D eigenvalue weighted by molar-refractivity contribution is -0.139. The van der Waals surface area contributed by atoms with Gasteiger partial charge in [-0.1, -0.05) is 6.07 Å². The van der Waals surface area contributed by atoms with Gasteiger partial charge < -0.3 is 10.2 Å². The molecule has 106 valence electrons. The van der Waals surface area contributed by atoms with Gasteiger partial charge in [0, 0.05) is 6.61 Å². The summed E-state index contributed by atoms with van der Waals surface area (Å²) in [5, 5.41) is 17.5. The van der Waals surface area contributed by atoms with Crippen LogP contribution in [0.25, 0.3) is 0 Å². The Kier molecular flexibility index (Phi) is 4.98. The van der Waals surface area contributed by atoms with E-state index >= 15 is 0 Å². The van der Waals surface area contributed by atoms with Crippen molar-refractivity contribution < 1.29 is 27.8 Å². The molecule has 19 heavy (non-hydrogen) atoms. The minimum Gasteiger partial charge on any atom is -0.480 e. The minimum atomic E-state index is -4.30. The molecule has 1 atom stereocenters. The second-order valence-electron chi connectivity index (χ2n) is 3.96. The van der Waals surface area contributed by atoms with Crippen LogP contribution in [0.1, 0.15) is 12.0 Å². The number of nitrogens with one attached hydrogen (secondary N) is 1. The molecule has 0 amide bonds. The number of carboxylic acid groups (broad SMARTS) is 1. The first-order valence-corrected chi connectivity index (χ1v) is 6.88. The molecule has 1 aromatic rings. The van der Waals surface area contributed by atoms with Crippen LogP contribution in [0.5, 0.6) is 0 Å². The maximum absolute atomic E-state index is 13.5. The standard InChI is InChI=1S/C11H14FNO5S/c1-7-2-3-8(12)10(6-7)19(17,18)13-9(4-5-14)11(15)16/h2-3,6,9,13-14H,4-5H2,1H3,(H,15,16)/t9-/m1/s1. The quantitative estimate of drug-likeness (QED) is 0.697. The van der Waals surface area contributed by atoms with Gasteiger partial charge in [0.05, 0.1) is 0 Å².